The monoisotopic (exact) mass is 550 g/mol. The van der Waals surface area contributed by atoms with Crippen LogP contribution in [-0.2, 0) is 14.9 Å². The predicted molar refractivity (Wildman–Crippen MR) is 155 cm³/mol. The molecule has 1 saturated carbocycles. The fourth-order valence-corrected chi connectivity index (χ4v) is 6.89. The van der Waals surface area contributed by atoms with Crippen LogP contribution in [0.15, 0.2) is 54.1 Å². The lowest BCUT2D eigenvalue weighted by Crippen LogP contribution is -2.52. The van der Waals surface area contributed by atoms with Gasteiger partial charge in [0.2, 0.25) is 0 Å². The van der Waals surface area contributed by atoms with Crippen molar-refractivity contribution in [3.8, 4) is 0 Å². The summed E-state index contributed by atoms with van der Waals surface area (Å²) in [5.74, 6) is -0.333. The number of anilines is 1. The third-order valence-corrected chi connectivity index (χ3v) is 9.01. The number of carboxylic acid groups (broad SMARTS) is 1. The van der Waals surface area contributed by atoms with Crippen LogP contribution < -0.4 is 5.32 Å². The lowest BCUT2D eigenvalue weighted by atomic mass is 9.61. The lowest BCUT2D eigenvalue weighted by Gasteiger charge is -2.46. The summed E-state index contributed by atoms with van der Waals surface area (Å²) in [4.78, 5) is 27.0. The first-order valence-electron chi connectivity index (χ1n) is 14.1. The predicted octanol–water partition coefficient (Wildman–Crippen LogP) is 7.52. The van der Waals surface area contributed by atoms with E-state index < -0.39 is 17.1 Å². The van der Waals surface area contributed by atoms with Crippen molar-refractivity contribution in [3.05, 3.63) is 70.3 Å². The Morgan fingerprint density at radius 2 is 1.74 bits per heavy atom. The summed E-state index contributed by atoms with van der Waals surface area (Å²) in [6.07, 6.45) is 7.58. The highest BCUT2D eigenvalue weighted by Crippen LogP contribution is 2.55. The second kappa shape index (κ2) is 10.5. The summed E-state index contributed by atoms with van der Waals surface area (Å²) in [5.41, 5.74) is 3.07. The molecule has 1 heterocycles. The number of halogens is 1. The van der Waals surface area contributed by atoms with Gasteiger partial charge in [-0.3, -0.25) is 0 Å². The maximum atomic E-state index is 12.6. The number of allylic oxidation sites excluding steroid dienone is 1. The lowest BCUT2D eigenvalue weighted by molar-refractivity contribution is -0.143. The van der Waals surface area contributed by atoms with Crippen LogP contribution in [0.3, 0.4) is 0 Å². The summed E-state index contributed by atoms with van der Waals surface area (Å²) >= 11 is 6.18. The number of nitrogens with one attached hydrogen (secondary N) is 1. The quantitative estimate of drug-likeness (QED) is 0.402. The van der Waals surface area contributed by atoms with Crippen LogP contribution in [0.25, 0.3) is 6.08 Å². The van der Waals surface area contributed by atoms with Gasteiger partial charge < -0.3 is 20.1 Å². The Bertz CT molecular complexity index is 1260. The summed E-state index contributed by atoms with van der Waals surface area (Å²) in [6.45, 7) is 7.11. The molecule has 1 saturated heterocycles. The number of carbonyl (C=O) groups excluding carboxylic acids is 1. The molecular weight excluding hydrogens is 512 g/mol. The van der Waals surface area contributed by atoms with Gasteiger partial charge in [0.1, 0.15) is 11.1 Å². The molecular formula is C32H39ClN2O4. The molecule has 1 amide bonds. The molecule has 0 unspecified atom stereocenters. The van der Waals surface area contributed by atoms with Crippen molar-refractivity contribution in [2.75, 3.05) is 18.4 Å². The second-order valence-electron chi connectivity index (χ2n) is 12.5. The molecule has 0 aromatic heterocycles. The molecule has 2 N–H and O–H groups in total. The zero-order valence-electron chi connectivity index (χ0n) is 23.1. The van der Waals surface area contributed by atoms with E-state index in [9.17, 15) is 14.7 Å². The Morgan fingerprint density at radius 1 is 1.05 bits per heavy atom. The van der Waals surface area contributed by atoms with Gasteiger partial charge in [-0.1, -0.05) is 53.6 Å². The number of piperidine rings is 1. The number of benzene rings is 2. The normalized spacial score (nSPS) is 25.2. The molecule has 0 radical (unpaired) electrons. The first-order chi connectivity index (χ1) is 18.5. The summed E-state index contributed by atoms with van der Waals surface area (Å²) in [6, 6.07) is 15.9. The van der Waals surface area contributed by atoms with Gasteiger partial charge in [-0.2, -0.15) is 0 Å². The zero-order chi connectivity index (χ0) is 27.8. The Morgan fingerprint density at radius 3 is 2.38 bits per heavy atom. The van der Waals surface area contributed by atoms with Gasteiger partial charge >= 0.3 is 12.1 Å². The molecule has 208 valence electrons. The first-order valence-corrected chi connectivity index (χ1v) is 14.4. The molecule has 0 bridgehead atoms. The number of amides is 1. The molecule has 2 aromatic carbocycles. The van der Waals surface area contributed by atoms with Crippen molar-refractivity contribution in [2.24, 2.45) is 5.92 Å². The Hall–Kier alpha value is -2.99. The number of nitrogens with zero attached hydrogens (tertiary/aromatic N) is 1. The van der Waals surface area contributed by atoms with E-state index in [2.05, 4.69) is 35.7 Å². The first kappa shape index (κ1) is 27.6. The third-order valence-electron chi connectivity index (χ3n) is 8.77. The van der Waals surface area contributed by atoms with Crippen LogP contribution in [0.5, 0.6) is 0 Å². The van der Waals surface area contributed by atoms with Crippen LogP contribution >= 0.6 is 11.6 Å². The number of likely N-dealkylation sites (tertiary alicyclic amines) is 1. The average molecular weight is 551 g/mol. The van der Waals surface area contributed by atoms with E-state index >= 15 is 0 Å². The van der Waals surface area contributed by atoms with Crippen LogP contribution in [0.1, 0.15) is 76.8 Å². The molecule has 6 nitrogen and oxygen atoms in total. The molecule has 3 aliphatic rings. The maximum Gasteiger partial charge on any atom is 0.410 e. The van der Waals surface area contributed by atoms with Gasteiger partial charge in [-0.25, -0.2) is 9.59 Å². The molecule has 2 fully saturated rings. The van der Waals surface area contributed by atoms with E-state index in [0.717, 1.165) is 37.8 Å². The Balaban J connectivity index is 1.31. The minimum Gasteiger partial charge on any atom is -0.480 e. The van der Waals surface area contributed by atoms with E-state index in [1.165, 1.54) is 16.7 Å². The van der Waals surface area contributed by atoms with Gasteiger partial charge in [0, 0.05) is 29.2 Å². The SMILES string of the molecule is CC(C)(C)OC(=O)N1CCC(CC2=Cc3ccccc3C23CCC(Nc2cccc(Cl)c2)(C(=O)O)CC3)CC1. The molecule has 1 spiro atoms. The number of hydrogen-bond acceptors (Lipinski definition) is 4. The highest BCUT2D eigenvalue weighted by molar-refractivity contribution is 6.30. The summed E-state index contributed by atoms with van der Waals surface area (Å²) in [5, 5.41) is 14.3. The van der Waals surface area contributed by atoms with E-state index in [1.807, 2.05) is 37.8 Å². The van der Waals surface area contributed by atoms with Gasteiger partial charge in [0.25, 0.3) is 0 Å². The van der Waals surface area contributed by atoms with Crippen LogP contribution in [0.4, 0.5) is 10.5 Å². The highest BCUT2D eigenvalue weighted by atomic mass is 35.5. The summed E-state index contributed by atoms with van der Waals surface area (Å²) in [7, 11) is 0. The third kappa shape index (κ3) is 5.67. The van der Waals surface area contributed by atoms with Gasteiger partial charge in [-0.05, 0) is 101 Å². The minimum atomic E-state index is -1.03. The summed E-state index contributed by atoms with van der Waals surface area (Å²) < 4.78 is 5.58. The molecule has 2 aliphatic carbocycles. The topological polar surface area (TPSA) is 78.9 Å². The average Bonchev–Trinajstić information content (AvgIpc) is 3.17. The van der Waals surface area contributed by atoms with Gasteiger partial charge in [-0.15, -0.1) is 0 Å². The second-order valence-corrected chi connectivity index (χ2v) is 12.9. The van der Waals surface area contributed by atoms with Gasteiger partial charge in [0.05, 0.1) is 0 Å². The molecule has 2 aromatic rings. The van der Waals surface area contributed by atoms with E-state index in [-0.39, 0.29) is 11.5 Å². The Labute approximate surface area is 236 Å². The van der Waals surface area contributed by atoms with Crippen molar-refractivity contribution in [1.82, 2.24) is 4.90 Å². The van der Waals surface area contributed by atoms with Crippen molar-refractivity contribution < 1.29 is 19.4 Å². The van der Waals surface area contributed by atoms with Crippen molar-refractivity contribution in [1.29, 1.82) is 0 Å². The number of fused-ring (bicyclic) bond motifs is 2. The maximum absolute atomic E-state index is 12.6. The van der Waals surface area contributed by atoms with E-state index in [4.69, 9.17) is 16.3 Å². The van der Waals surface area contributed by atoms with Crippen molar-refractivity contribution in [2.45, 2.75) is 82.3 Å². The van der Waals surface area contributed by atoms with Crippen molar-refractivity contribution >= 4 is 35.4 Å². The van der Waals surface area contributed by atoms with Crippen LogP contribution in [-0.4, -0.2) is 46.3 Å². The number of hydrogen-bond donors (Lipinski definition) is 2. The minimum absolute atomic E-state index is 0.145. The van der Waals surface area contributed by atoms with Crippen LogP contribution in [0, 0.1) is 5.92 Å². The molecule has 1 aliphatic heterocycles. The van der Waals surface area contributed by atoms with E-state index in [1.54, 1.807) is 12.1 Å². The highest BCUT2D eigenvalue weighted by Gasteiger charge is 2.51. The standard InChI is InChI=1S/C32H39ClN2O4/c1-30(2,3)39-29(38)35-17-11-22(12-18-35)19-24-20-23-7-4-5-10-27(23)31(24)13-15-32(16-14-31,28(36)37)34-26-9-6-8-25(33)21-26/h4-10,20-22,34H,11-19H2,1-3H3,(H,36,37). The number of carboxylic acids is 1. The van der Waals surface area contributed by atoms with E-state index in [0.29, 0.717) is 36.9 Å². The fourth-order valence-electron chi connectivity index (χ4n) is 6.70. The number of ether oxygens (including phenoxy) is 1. The largest absolute Gasteiger partial charge is 0.480 e. The Kier molecular flexibility index (Phi) is 7.45. The number of aliphatic carboxylic acids is 1. The molecule has 39 heavy (non-hydrogen) atoms. The molecule has 0 atom stereocenters. The number of carbonyl (C=O) groups is 2. The van der Waals surface area contributed by atoms with Gasteiger partial charge in [0.15, 0.2) is 0 Å². The fraction of sp³-hybridized carbons (Fsp3) is 0.500. The van der Waals surface area contributed by atoms with Crippen molar-refractivity contribution in [3.63, 3.8) is 0 Å². The molecule has 7 heteroatoms. The smallest absolute Gasteiger partial charge is 0.410 e. The molecule has 5 rings (SSSR count). The zero-order valence-corrected chi connectivity index (χ0v) is 23.9. The number of rotatable bonds is 5. The van der Waals surface area contributed by atoms with Crippen LogP contribution in [0.2, 0.25) is 5.02 Å².